The van der Waals surface area contributed by atoms with E-state index < -0.39 is 0 Å². The Hall–Kier alpha value is -2.68. The van der Waals surface area contributed by atoms with Crippen LogP contribution >= 0.6 is 0 Å². The zero-order chi connectivity index (χ0) is 18.3. The normalized spacial score (nSPS) is 17.9. The number of carbonyl (C=O) groups excluding carboxylic acids is 1. The van der Waals surface area contributed by atoms with Gasteiger partial charge in [-0.25, -0.2) is 4.39 Å². The van der Waals surface area contributed by atoms with Crippen LogP contribution in [-0.4, -0.2) is 42.0 Å². The molecule has 0 spiro atoms. The number of rotatable bonds is 2. The molecule has 4 rings (SSSR count). The molecule has 5 nitrogen and oxygen atoms in total. The van der Waals surface area contributed by atoms with E-state index in [9.17, 15) is 14.4 Å². The molecule has 1 aromatic carbocycles. The maximum absolute atomic E-state index is 14.0. The molecule has 1 saturated carbocycles. The summed E-state index contributed by atoms with van der Waals surface area (Å²) in [4.78, 5) is 20.8. The largest absolute Gasteiger partial charge is 0.368 e. The van der Waals surface area contributed by atoms with Crippen molar-refractivity contribution < 1.29 is 9.18 Å². The topological polar surface area (TPSA) is 60.2 Å². The lowest BCUT2D eigenvalue weighted by atomic mass is 10.0. The summed E-state index contributed by atoms with van der Waals surface area (Å²) in [5, 5.41) is 10.2. The molecule has 26 heavy (non-hydrogen) atoms. The number of amides is 1. The maximum Gasteiger partial charge on any atom is 0.225 e. The highest BCUT2D eigenvalue weighted by molar-refractivity contribution is 5.96. The minimum absolute atomic E-state index is 0.217. The van der Waals surface area contributed by atoms with Gasteiger partial charge >= 0.3 is 0 Å². The van der Waals surface area contributed by atoms with E-state index in [2.05, 4.69) is 16.0 Å². The van der Waals surface area contributed by atoms with Crippen molar-refractivity contribution in [2.24, 2.45) is 5.92 Å². The second kappa shape index (κ2) is 6.56. The second-order valence-corrected chi connectivity index (χ2v) is 7.19. The molecule has 2 fully saturated rings. The van der Waals surface area contributed by atoms with Gasteiger partial charge in [-0.15, -0.1) is 0 Å². The van der Waals surface area contributed by atoms with E-state index in [4.69, 9.17) is 0 Å². The van der Waals surface area contributed by atoms with Crippen LogP contribution in [0.4, 0.5) is 10.1 Å². The highest BCUT2D eigenvalue weighted by atomic mass is 19.1. The molecule has 0 unspecified atom stereocenters. The van der Waals surface area contributed by atoms with Crippen LogP contribution in [-0.2, 0) is 4.79 Å². The van der Waals surface area contributed by atoms with Crippen LogP contribution in [0.25, 0.3) is 10.9 Å². The Bertz CT molecular complexity index is 916. The highest BCUT2D eigenvalue weighted by Crippen LogP contribution is 2.34. The summed E-state index contributed by atoms with van der Waals surface area (Å²) in [6, 6.07) is 5.12. The van der Waals surface area contributed by atoms with Crippen molar-refractivity contribution in [2.45, 2.75) is 26.2 Å². The second-order valence-electron chi connectivity index (χ2n) is 7.19. The lowest BCUT2D eigenvalue weighted by Gasteiger charge is -2.26. The molecule has 1 aromatic heterocycles. The number of halogens is 1. The number of hydrogen-bond donors (Lipinski definition) is 0. The van der Waals surface area contributed by atoms with E-state index in [1.807, 2.05) is 11.8 Å². The number of nitriles is 1. The molecule has 1 amide bonds. The molecule has 0 radical (unpaired) electrons. The van der Waals surface area contributed by atoms with E-state index in [0.717, 1.165) is 49.1 Å². The van der Waals surface area contributed by atoms with Gasteiger partial charge in [-0.3, -0.25) is 9.78 Å². The first-order chi connectivity index (χ1) is 12.6. The highest BCUT2D eigenvalue weighted by Gasteiger charge is 2.34. The Morgan fingerprint density at radius 3 is 2.81 bits per heavy atom. The Balaban J connectivity index is 1.71. The van der Waals surface area contributed by atoms with Crippen molar-refractivity contribution in [1.82, 2.24) is 9.88 Å². The van der Waals surface area contributed by atoms with Gasteiger partial charge in [0, 0.05) is 43.7 Å². The number of fused-ring (bicyclic) bond motifs is 1. The quantitative estimate of drug-likeness (QED) is 0.834. The zero-order valence-electron chi connectivity index (χ0n) is 14.8. The number of aromatic nitrogens is 1. The standard InChI is InChI=1S/C20H21FN4O/c1-13-9-16(21)10-17-18(13)23-12-15(11-22)19(17)24-5-2-6-25(8-7-24)20(26)14-3-4-14/h9-10,12,14H,2-8H2,1H3. The third-order valence-electron chi connectivity index (χ3n) is 5.27. The summed E-state index contributed by atoms with van der Waals surface area (Å²) < 4.78 is 14.0. The van der Waals surface area contributed by atoms with Crippen LogP contribution in [0.15, 0.2) is 18.3 Å². The van der Waals surface area contributed by atoms with Crippen LogP contribution in [0.1, 0.15) is 30.4 Å². The Morgan fingerprint density at radius 1 is 1.27 bits per heavy atom. The molecule has 2 heterocycles. The van der Waals surface area contributed by atoms with E-state index in [1.54, 1.807) is 6.20 Å². The molecule has 1 saturated heterocycles. The van der Waals surface area contributed by atoms with Crippen LogP contribution in [0.3, 0.4) is 0 Å². The predicted molar refractivity (Wildman–Crippen MR) is 97.3 cm³/mol. The van der Waals surface area contributed by atoms with Crippen LogP contribution in [0, 0.1) is 30.0 Å². The van der Waals surface area contributed by atoms with Crippen molar-refractivity contribution in [3.63, 3.8) is 0 Å². The molecular formula is C20H21FN4O. The van der Waals surface area contributed by atoms with Crippen molar-refractivity contribution in [3.05, 3.63) is 35.3 Å². The summed E-state index contributed by atoms with van der Waals surface area (Å²) in [5.74, 6) is 0.150. The van der Waals surface area contributed by atoms with Crippen LogP contribution in [0.2, 0.25) is 0 Å². The maximum atomic E-state index is 14.0. The van der Waals surface area contributed by atoms with Gasteiger partial charge in [0.15, 0.2) is 0 Å². The number of nitrogens with zero attached hydrogens (tertiary/aromatic N) is 4. The Kier molecular flexibility index (Phi) is 4.23. The number of aryl methyl sites for hydroxylation is 1. The molecule has 6 heteroatoms. The lowest BCUT2D eigenvalue weighted by molar-refractivity contribution is -0.132. The molecule has 0 atom stereocenters. The number of pyridine rings is 1. The molecular weight excluding hydrogens is 331 g/mol. The number of benzene rings is 1. The molecule has 0 bridgehead atoms. The monoisotopic (exact) mass is 352 g/mol. The Labute approximate surface area is 152 Å². The lowest BCUT2D eigenvalue weighted by Crippen LogP contribution is -2.36. The van der Waals surface area contributed by atoms with Gasteiger partial charge < -0.3 is 9.80 Å². The third-order valence-corrected chi connectivity index (χ3v) is 5.27. The van der Waals surface area contributed by atoms with E-state index in [-0.39, 0.29) is 17.6 Å². The SMILES string of the molecule is Cc1cc(F)cc2c(N3CCCN(C(=O)C4CC4)CC3)c(C#N)cnc12. The van der Waals surface area contributed by atoms with Crippen LogP contribution < -0.4 is 4.90 Å². The van der Waals surface area contributed by atoms with Crippen molar-refractivity contribution in [1.29, 1.82) is 5.26 Å². The summed E-state index contributed by atoms with van der Waals surface area (Å²) in [6.07, 6.45) is 4.42. The summed E-state index contributed by atoms with van der Waals surface area (Å²) in [6.45, 7) is 4.58. The molecule has 1 aliphatic carbocycles. The van der Waals surface area contributed by atoms with Gasteiger partial charge in [0.1, 0.15) is 11.9 Å². The minimum Gasteiger partial charge on any atom is -0.368 e. The smallest absolute Gasteiger partial charge is 0.225 e. The molecule has 2 aromatic rings. The fourth-order valence-electron chi connectivity index (χ4n) is 3.80. The molecule has 0 N–H and O–H groups in total. The average molecular weight is 352 g/mol. The number of anilines is 1. The zero-order valence-corrected chi connectivity index (χ0v) is 14.8. The van der Waals surface area contributed by atoms with Gasteiger partial charge in [-0.05, 0) is 43.9 Å². The van der Waals surface area contributed by atoms with E-state index >= 15 is 0 Å². The molecule has 134 valence electrons. The van der Waals surface area contributed by atoms with E-state index in [1.165, 1.54) is 12.1 Å². The van der Waals surface area contributed by atoms with Gasteiger partial charge in [0.25, 0.3) is 0 Å². The van der Waals surface area contributed by atoms with Gasteiger partial charge in [0.05, 0.1) is 16.8 Å². The minimum atomic E-state index is -0.325. The fraction of sp³-hybridized carbons (Fsp3) is 0.450. The Morgan fingerprint density at radius 2 is 2.08 bits per heavy atom. The van der Waals surface area contributed by atoms with E-state index in [0.29, 0.717) is 24.0 Å². The molecule has 2 aliphatic rings. The molecule has 1 aliphatic heterocycles. The average Bonchev–Trinajstić information content (AvgIpc) is 3.47. The van der Waals surface area contributed by atoms with Crippen molar-refractivity contribution >= 4 is 22.5 Å². The first-order valence-corrected chi connectivity index (χ1v) is 9.11. The summed E-state index contributed by atoms with van der Waals surface area (Å²) >= 11 is 0. The van der Waals surface area contributed by atoms with Gasteiger partial charge in [-0.2, -0.15) is 5.26 Å². The fourth-order valence-corrected chi connectivity index (χ4v) is 3.80. The number of hydrogen-bond acceptors (Lipinski definition) is 4. The predicted octanol–water partition coefficient (Wildman–Crippen LogP) is 3.00. The van der Waals surface area contributed by atoms with Gasteiger partial charge in [-0.1, -0.05) is 0 Å². The number of carbonyl (C=O) groups is 1. The first-order valence-electron chi connectivity index (χ1n) is 9.11. The summed E-state index contributed by atoms with van der Waals surface area (Å²) in [5.41, 5.74) is 2.66. The van der Waals surface area contributed by atoms with Crippen LogP contribution in [0.5, 0.6) is 0 Å². The summed E-state index contributed by atoms with van der Waals surface area (Å²) in [7, 11) is 0. The third kappa shape index (κ3) is 2.98. The van der Waals surface area contributed by atoms with Gasteiger partial charge in [0.2, 0.25) is 5.91 Å². The van der Waals surface area contributed by atoms with Crippen molar-refractivity contribution in [2.75, 3.05) is 31.1 Å². The van der Waals surface area contributed by atoms with Crippen molar-refractivity contribution in [3.8, 4) is 6.07 Å². The first kappa shape index (κ1) is 16.8.